The van der Waals surface area contributed by atoms with Crippen LogP contribution in [-0.2, 0) is 26.2 Å². The predicted octanol–water partition coefficient (Wildman–Crippen LogP) is 4.02. The molecular weight excluding hydrogens is 781 g/mol. The van der Waals surface area contributed by atoms with E-state index in [9.17, 15) is 0 Å². The molecule has 6 aromatic rings. The Labute approximate surface area is 284 Å². The average Bonchev–Trinajstić information content (AvgIpc) is 3.56. The standard InChI is InChI=1S/2C15H11.C4H10Si.2HI.Zr/c2*1-2-6-12(7-3-1)15-10-13-8-4-5-9-14(13)11-15;1-3-5-4-2;;;/h2*1-11H;3-4H2,1-2H3;2*1H;/q2*-1;;;;+4/p-2. The van der Waals surface area contributed by atoms with Crippen LogP contribution in [0.2, 0.25) is 12.1 Å². The van der Waals surface area contributed by atoms with Gasteiger partial charge in [0.05, 0.1) is 0 Å². The quantitative estimate of drug-likeness (QED) is 0.144. The van der Waals surface area contributed by atoms with Crippen LogP contribution in [0.5, 0.6) is 0 Å². The first-order valence-electron chi connectivity index (χ1n) is 12.4. The van der Waals surface area contributed by atoms with E-state index in [1.807, 2.05) is 12.1 Å². The van der Waals surface area contributed by atoms with Gasteiger partial charge in [-0.05, 0) is 0 Å². The van der Waals surface area contributed by atoms with E-state index < -0.39 is 0 Å². The zero-order chi connectivity index (χ0) is 24.3. The summed E-state index contributed by atoms with van der Waals surface area (Å²) >= 11 is 0. The molecule has 4 heteroatoms. The van der Waals surface area contributed by atoms with Gasteiger partial charge in [0.1, 0.15) is 0 Å². The molecule has 6 aromatic carbocycles. The molecule has 190 valence electrons. The smallest absolute Gasteiger partial charge is 1.00 e. The van der Waals surface area contributed by atoms with Gasteiger partial charge in [-0.25, -0.2) is 0 Å². The predicted molar refractivity (Wildman–Crippen MR) is 157 cm³/mol. The summed E-state index contributed by atoms with van der Waals surface area (Å²) in [5.41, 5.74) is 5.18. The normalized spacial score (nSPS) is 9.53. The Kier molecular flexibility index (Phi) is 17.2. The van der Waals surface area contributed by atoms with Crippen LogP contribution in [0.15, 0.2) is 133 Å². The fourth-order valence-corrected chi connectivity index (χ4v) is 4.65. The Balaban J connectivity index is 0.000000304. The van der Waals surface area contributed by atoms with Crippen molar-refractivity contribution in [1.82, 2.24) is 0 Å². The largest absolute Gasteiger partial charge is 4.00 e. The Hall–Kier alpha value is -1.34. The van der Waals surface area contributed by atoms with Crippen LogP contribution < -0.4 is 48.0 Å². The molecule has 0 heterocycles. The van der Waals surface area contributed by atoms with Crippen LogP contribution in [0, 0.1) is 0 Å². The molecule has 0 amide bonds. The molecule has 0 nitrogen and oxygen atoms in total. The third-order valence-corrected chi connectivity index (χ3v) is 6.95. The number of rotatable bonds is 4. The van der Waals surface area contributed by atoms with Crippen molar-refractivity contribution < 1.29 is 74.2 Å². The van der Waals surface area contributed by atoms with Crippen molar-refractivity contribution >= 4 is 31.1 Å². The molecule has 0 aromatic heterocycles. The van der Waals surface area contributed by atoms with Gasteiger partial charge in [0.2, 0.25) is 0 Å². The second kappa shape index (κ2) is 18.9. The zero-order valence-corrected chi connectivity index (χ0v) is 29.6. The van der Waals surface area contributed by atoms with Crippen molar-refractivity contribution in [1.29, 1.82) is 0 Å². The van der Waals surface area contributed by atoms with E-state index in [2.05, 4.69) is 135 Å². The van der Waals surface area contributed by atoms with Crippen molar-refractivity contribution in [2.24, 2.45) is 0 Å². The number of halogens is 2. The third kappa shape index (κ3) is 10.0. The molecule has 38 heavy (non-hydrogen) atoms. The van der Waals surface area contributed by atoms with E-state index >= 15 is 0 Å². The number of hydrogen-bond donors (Lipinski definition) is 0. The summed E-state index contributed by atoms with van der Waals surface area (Å²) in [5, 5.41) is 5.26. The van der Waals surface area contributed by atoms with Crippen molar-refractivity contribution in [2.45, 2.75) is 25.9 Å². The number of fused-ring (bicyclic) bond motifs is 2. The first-order valence-corrected chi connectivity index (χ1v) is 13.8. The van der Waals surface area contributed by atoms with E-state index in [1.54, 1.807) is 0 Å². The molecule has 0 aliphatic heterocycles. The maximum absolute atomic E-state index is 2.24. The van der Waals surface area contributed by atoms with Crippen LogP contribution >= 0.6 is 0 Å². The summed E-state index contributed by atoms with van der Waals surface area (Å²) < 4.78 is 0. The van der Waals surface area contributed by atoms with E-state index in [4.69, 9.17) is 0 Å². The van der Waals surface area contributed by atoms with Crippen LogP contribution in [0.1, 0.15) is 13.8 Å². The molecule has 0 atom stereocenters. The van der Waals surface area contributed by atoms with E-state index in [0.29, 0.717) is 0 Å². The van der Waals surface area contributed by atoms with Gasteiger partial charge in [-0.15, -0.1) is 69.1 Å². The van der Waals surface area contributed by atoms with Crippen LogP contribution in [0.4, 0.5) is 0 Å². The molecule has 0 bridgehead atoms. The van der Waals surface area contributed by atoms with E-state index in [0.717, 1.165) is 0 Å². The molecule has 2 radical (unpaired) electrons. The fourth-order valence-electron chi connectivity index (χ4n) is 4.15. The van der Waals surface area contributed by atoms with Gasteiger partial charge in [-0.3, -0.25) is 0 Å². The Bertz CT molecular complexity index is 1260. The fraction of sp³-hybridized carbons (Fsp3) is 0.118. The minimum atomic E-state index is 0. The molecule has 0 fully saturated rings. The zero-order valence-electron chi connectivity index (χ0n) is 21.9. The first kappa shape index (κ1) is 34.7. The van der Waals surface area contributed by atoms with Gasteiger partial charge in [-0.1, -0.05) is 134 Å². The van der Waals surface area contributed by atoms with Gasteiger partial charge in [0, 0.05) is 9.52 Å². The van der Waals surface area contributed by atoms with Crippen LogP contribution in [0.25, 0.3) is 43.8 Å². The molecular formula is C34H32I2SiZr. The second-order valence-electron chi connectivity index (χ2n) is 8.44. The van der Waals surface area contributed by atoms with Crippen molar-refractivity contribution in [2.75, 3.05) is 0 Å². The van der Waals surface area contributed by atoms with Gasteiger partial charge in [0.25, 0.3) is 0 Å². The Morgan fingerprint density at radius 1 is 0.500 bits per heavy atom. The van der Waals surface area contributed by atoms with Crippen LogP contribution in [-0.4, -0.2) is 9.52 Å². The van der Waals surface area contributed by atoms with Gasteiger partial charge in [0.15, 0.2) is 0 Å². The summed E-state index contributed by atoms with van der Waals surface area (Å²) in [6.45, 7) is 4.45. The summed E-state index contributed by atoms with van der Waals surface area (Å²) in [6.07, 6.45) is 0. The molecule has 0 aliphatic carbocycles. The SMILES string of the molecule is CC[Si]CC.[I-].[I-].[Zr+4].c1ccc(-c2cc3ccccc3[cH-]2)cc1.c1ccc(-c2cc3ccccc3[cH-]2)cc1. The van der Waals surface area contributed by atoms with E-state index in [1.165, 1.54) is 65.4 Å². The van der Waals surface area contributed by atoms with Gasteiger partial charge >= 0.3 is 26.2 Å². The monoisotopic (exact) mass is 812 g/mol. The molecule has 0 unspecified atom stereocenters. The molecule has 0 saturated carbocycles. The first-order chi connectivity index (χ1) is 17.3. The minimum absolute atomic E-state index is 0. The third-order valence-electron chi connectivity index (χ3n) is 5.95. The molecule has 0 saturated heterocycles. The molecule has 6 rings (SSSR count). The molecule has 0 aliphatic rings. The Morgan fingerprint density at radius 2 is 0.842 bits per heavy atom. The minimum Gasteiger partial charge on any atom is -1.00 e. The topological polar surface area (TPSA) is 0 Å². The Morgan fingerprint density at radius 3 is 1.16 bits per heavy atom. The molecule has 0 spiro atoms. The van der Waals surface area contributed by atoms with E-state index in [-0.39, 0.29) is 74.2 Å². The molecule has 0 N–H and O–H groups in total. The van der Waals surface area contributed by atoms with Crippen molar-refractivity contribution in [3.8, 4) is 22.3 Å². The van der Waals surface area contributed by atoms with Crippen LogP contribution in [0.3, 0.4) is 0 Å². The van der Waals surface area contributed by atoms with Gasteiger partial charge < -0.3 is 48.0 Å². The number of benzene rings is 4. The van der Waals surface area contributed by atoms with Crippen molar-refractivity contribution in [3.05, 3.63) is 133 Å². The van der Waals surface area contributed by atoms with Crippen molar-refractivity contribution in [3.63, 3.8) is 0 Å². The summed E-state index contributed by atoms with van der Waals surface area (Å²) in [4.78, 5) is 0. The summed E-state index contributed by atoms with van der Waals surface area (Å²) in [6, 6.07) is 49.6. The summed E-state index contributed by atoms with van der Waals surface area (Å²) in [7, 11) is 1.20. The average molecular weight is 814 g/mol. The second-order valence-corrected chi connectivity index (χ2v) is 10.3. The maximum atomic E-state index is 2.24. The summed E-state index contributed by atoms with van der Waals surface area (Å²) in [5.74, 6) is 0. The maximum Gasteiger partial charge on any atom is 4.00 e. The number of hydrogen-bond acceptors (Lipinski definition) is 0. The van der Waals surface area contributed by atoms with Gasteiger partial charge in [-0.2, -0.15) is 0 Å².